The molecule has 0 heterocycles. The van der Waals surface area contributed by atoms with E-state index in [1.165, 1.54) is 205 Å². The minimum Gasteiger partial charge on any atom is -0.462 e. The first-order valence-corrected chi connectivity index (χ1v) is 44.2. The van der Waals surface area contributed by atoms with Crippen LogP contribution < -0.4 is 0 Å². The maximum atomic E-state index is 13.1. The number of carbonyl (C=O) groups is 4. The van der Waals surface area contributed by atoms with Gasteiger partial charge in [-0.3, -0.25) is 37.3 Å². The standard InChI is InChI=1S/C80H156O17P2/c1-70(2)56-48-40-32-25-21-17-13-11-9-10-12-14-19-23-27-37-46-54-62-80(85)97-76(67-91-78(83)61-53-45-39-31-35-43-51-59-73(7)8)69-95-99(88,89)93-65-74(81)64-92-98(86,87)94-68-75(66-90-77(82)60-52-44-36-30-29-34-42-50-58-72(5)6)96-79(84)63-55-47-38-28-24-20-16-15-18-22-26-33-41-49-57-71(3)4/h70-76,81H,9-69H2,1-8H3,(H,86,87)(H,88,89)/t74?,75-,76-/m1/s1. The lowest BCUT2D eigenvalue weighted by Crippen LogP contribution is -2.30. The van der Waals surface area contributed by atoms with Crippen molar-refractivity contribution in [3.05, 3.63) is 0 Å². The number of hydrogen-bond donors (Lipinski definition) is 3. The third-order valence-electron chi connectivity index (χ3n) is 18.6. The third-order valence-corrected chi connectivity index (χ3v) is 20.5. The maximum absolute atomic E-state index is 13.1. The zero-order valence-corrected chi connectivity index (χ0v) is 66.9. The molecule has 19 heteroatoms. The highest BCUT2D eigenvalue weighted by atomic mass is 31.2. The van der Waals surface area contributed by atoms with Crippen molar-refractivity contribution in [3.63, 3.8) is 0 Å². The van der Waals surface area contributed by atoms with E-state index in [2.05, 4.69) is 55.4 Å². The number of aliphatic hydroxyl groups is 1. The number of ether oxygens (including phenoxy) is 4. The summed E-state index contributed by atoms with van der Waals surface area (Å²) in [4.78, 5) is 72.9. The van der Waals surface area contributed by atoms with Gasteiger partial charge in [0.25, 0.3) is 0 Å². The predicted octanol–water partition coefficient (Wildman–Crippen LogP) is 23.6. The van der Waals surface area contributed by atoms with Gasteiger partial charge in [-0.25, -0.2) is 9.13 Å². The van der Waals surface area contributed by atoms with E-state index in [4.69, 9.17) is 37.0 Å². The number of phosphoric ester groups is 2. The number of phosphoric acid groups is 2. The molecule has 0 bridgehead atoms. The molecule has 0 aliphatic carbocycles. The highest BCUT2D eigenvalue weighted by molar-refractivity contribution is 7.47. The quantitative estimate of drug-likeness (QED) is 0.0222. The fourth-order valence-electron chi connectivity index (χ4n) is 12.3. The molecule has 0 aliphatic heterocycles. The van der Waals surface area contributed by atoms with E-state index in [1.807, 2.05) is 0 Å². The van der Waals surface area contributed by atoms with Gasteiger partial charge in [-0.1, -0.05) is 357 Å². The second kappa shape index (κ2) is 69.1. The number of hydrogen-bond acceptors (Lipinski definition) is 15. The Labute approximate surface area is 607 Å². The van der Waals surface area contributed by atoms with Crippen molar-refractivity contribution < 1.29 is 80.2 Å². The Morgan fingerprint density at radius 1 is 0.253 bits per heavy atom. The molecule has 0 spiro atoms. The average Bonchev–Trinajstić information content (AvgIpc) is 1.19. The van der Waals surface area contributed by atoms with Crippen molar-refractivity contribution in [2.24, 2.45) is 23.7 Å². The van der Waals surface area contributed by atoms with Gasteiger partial charge in [0, 0.05) is 25.7 Å². The Bertz CT molecular complexity index is 1940. The zero-order valence-electron chi connectivity index (χ0n) is 65.1. The van der Waals surface area contributed by atoms with Crippen LogP contribution in [0.1, 0.15) is 409 Å². The molecular weight excluding hydrogens is 1290 g/mol. The molecule has 5 atom stereocenters. The van der Waals surface area contributed by atoms with Crippen LogP contribution in [0.2, 0.25) is 0 Å². The fraction of sp³-hybridized carbons (Fsp3) is 0.950. The van der Waals surface area contributed by atoms with Crippen molar-refractivity contribution in [2.75, 3.05) is 39.6 Å². The van der Waals surface area contributed by atoms with Crippen LogP contribution in [0.3, 0.4) is 0 Å². The van der Waals surface area contributed by atoms with E-state index in [0.717, 1.165) is 114 Å². The number of rotatable bonds is 77. The highest BCUT2D eigenvalue weighted by Gasteiger charge is 2.30. The van der Waals surface area contributed by atoms with Crippen LogP contribution in [0.15, 0.2) is 0 Å². The van der Waals surface area contributed by atoms with Gasteiger partial charge < -0.3 is 33.8 Å². The second-order valence-corrected chi connectivity index (χ2v) is 33.6. The molecule has 17 nitrogen and oxygen atoms in total. The van der Waals surface area contributed by atoms with Gasteiger partial charge in [0.2, 0.25) is 0 Å². The lowest BCUT2D eigenvalue weighted by molar-refractivity contribution is -0.161. The van der Waals surface area contributed by atoms with Gasteiger partial charge in [0.05, 0.1) is 26.4 Å². The minimum atomic E-state index is -4.96. The number of unbranched alkanes of at least 4 members (excludes halogenated alkanes) is 43. The van der Waals surface area contributed by atoms with Crippen LogP contribution in [-0.4, -0.2) is 96.7 Å². The first kappa shape index (κ1) is 97.1. The van der Waals surface area contributed by atoms with E-state index in [-0.39, 0.29) is 25.7 Å². The molecule has 3 N–H and O–H groups in total. The van der Waals surface area contributed by atoms with E-state index in [1.54, 1.807) is 0 Å². The molecule has 3 unspecified atom stereocenters. The Balaban J connectivity index is 5.19. The third kappa shape index (κ3) is 74.1. The molecule has 0 aromatic rings. The number of carbonyl (C=O) groups excluding carboxylic acids is 4. The van der Waals surface area contributed by atoms with Gasteiger partial charge in [-0.15, -0.1) is 0 Å². The molecule has 0 fully saturated rings. The van der Waals surface area contributed by atoms with Crippen LogP contribution in [0, 0.1) is 23.7 Å². The molecule has 0 saturated heterocycles. The second-order valence-electron chi connectivity index (χ2n) is 30.7. The summed E-state index contributed by atoms with van der Waals surface area (Å²) in [5.41, 5.74) is 0. The monoisotopic (exact) mass is 1450 g/mol. The molecule has 0 aromatic carbocycles. The topological polar surface area (TPSA) is 237 Å². The number of aliphatic hydroxyl groups excluding tert-OH is 1. The van der Waals surface area contributed by atoms with Crippen LogP contribution in [0.4, 0.5) is 0 Å². The predicted molar refractivity (Wildman–Crippen MR) is 404 cm³/mol. The summed E-state index contributed by atoms with van der Waals surface area (Å²) >= 11 is 0. The molecule has 0 radical (unpaired) electrons. The lowest BCUT2D eigenvalue weighted by Gasteiger charge is -2.21. The normalized spacial score (nSPS) is 14.1. The fourth-order valence-corrected chi connectivity index (χ4v) is 13.8. The van der Waals surface area contributed by atoms with Gasteiger partial charge in [0.15, 0.2) is 12.2 Å². The summed E-state index contributed by atoms with van der Waals surface area (Å²) in [5, 5.41) is 10.6. The van der Waals surface area contributed by atoms with Crippen molar-refractivity contribution in [2.45, 2.75) is 427 Å². The summed E-state index contributed by atoms with van der Waals surface area (Å²) < 4.78 is 68.6. The van der Waals surface area contributed by atoms with Crippen LogP contribution >= 0.6 is 15.6 Å². The maximum Gasteiger partial charge on any atom is 0.472 e. The minimum absolute atomic E-state index is 0.107. The first-order valence-electron chi connectivity index (χ1n) is 41.2. The van der Waals surface area contributed by atoms with Crippen molar-refractivity contribution >= 4 is 39.5 Å². The van der Waals surface area contributed by atoms with Gasteiger partial charge in [-0.2, -0.15) is 0 Å². The van der Waals surface area contributed by atoms with E-state index < -0.39 is 97.5 Å². The molecule has 0 saturated carbocycles. The Morgan fingerprint density at radius 3 is 0.626 bits per heavy atom. The van der Waals surface area contributed by atoms with E-state index in [9.17, 15) is 43.2 Å². The Morgan fingerprint density at radius 2 is 0.424 bits per heavy atom. The molecule has 588 valence electrons. The summed E-state index contributed by atoms with van der Waals surface area (Å²) in [6, 6.07) is 0. The lowest BCUT2D eigenvalue weighted by atomic mass is 10.0. The zero-order chi connectivity index (χ0) is 73.1. The van der Waals surface area contributed by atoms with Crippen LogP contribution in [0.25, 0.3) is 0 Å². The molecule has 0 amide bonds. The summed E-state index contributed by atoms with van der Waals surface area (Å²) in [6.07, 6.45) is 55.7. The van der Waals surface area contributed by atoms with Gasteiger partial charge in [-0.05, 0) is 49.4 Å². The first-order chi connectivity index (χ1) is 47.6. The Kier molecular flexibility index (Phi) is 67.8. The molecule has 0 aliphatic rings. The van der Waals surface area contributed by atoms with Gasteiger partial charge >= 0.3 is 39.5 Å². The van der Waals surface area contributed by atoms with Gasteiger partial charge in [0.1, 0.15) is 19.3 Å². The van der Waals surface area contributed by atoms with Crippen molar-refractivity contribution in [3.8, 4) is 0 Å². The summed E-state index contributed by atoms with van der Waals surface area (Å²) in [7, 11) is -9.92. The van der Waals surface area contributed by atoms with Crippen molar-refractivity contribution in [1.82, 2.24) is 0 Å². The molecular formula is C80H156O17P2. The van der Waals surface area contributed by atoms with Crippen LogP contribution in [0.5, 0.6) is 0 Å². The van der Waals surface area contributed by atoms with Crippen LogP contribution in [-0.2, 0) is 65.4 Å². The average molecular weight is 1450 g/mol. The summed E-state index contributed by atoms with van der Waals surface area (Å²) in [5.74, 6) is 0.929. The van der Waals surface area contributed by atoms with E-state index >= 15 is 0 Å². The molecule has 0 rings (SSSR count). The molecule has 99 heavy (non-hydrogen) atoms. The smallest absolute Gasteiger partial charge is 0.462 e. The van der Waals surface area contributed by atoms with E-state index in [0.29, 0.717) is 31.6 Å². The Hall–Kier alpha value is -1.94. The highest BCUT2D eigenvalue weighted by Crippen LogP contribution is 2.45. The van der Waals surface area contributed by atoms with Crippen molar-refractivity contribution in [1.29, 1.82) is 0 Å². The SMILES string of the molecule is CC(C)CCCCCCCCCCCCCCCCCCCCC(=O)O[C@H](COC(=O)CCCCCCCCCC(C)C)COP(=O)(O)OCC(O)COP(=O)(O)OC[C@@H](COC(=O)CCCCCCCCCCC(C)C)OC(=O)CCCCCCCCCCCCCCCCC(C)C. The number of esters is 4. The molecule has 0 aromatic heterocycles. The largest absolute Gasteiger partial charge is 0.472 e. The summed E-state index contributed by atoms with van der Waals surface area (Å²) in [6.45, 7) is 14.2.